The fourth-order valence-corrected chi connectivity index (χ4v) is 3.05. The SMILES string of the molecule is Cc1nn2c3ccccc3n(C)c2c1C(=O)C=Cc1cccnc1. The normalized spacial score (nSPS) is 11.8. The van der Waals surface area contributed by atoms with E-state index >= 15 is 0 Å². The number of allylic oxidation sites excluding steroid dienone is 1. The minimum Gasteiger partial charge on any atom is -0.327 e. The van der Waals surface area contributed by atoms with E-state index in [1.807, 2.05) is 59.5 Å². The molecule has 0 spiro atoms. The molecule has 3 aromatic heterocycles. The Hall–Kier alpha value is -3.21. The molecule has 4 rings (SSSR count). The zero-order chi connectivity index (χ0) is 16.7. The van der Waals surface area contributed by atoms with Crippen LogP contribution in [-0.2, 0) is 7.05 Å². The molecule has 5 nitrogen and oxygen atoms in total. The molecule has 5 heteroatoms. The molecule has 0 amide bonds. The molecular formula is C19H16N4O. The number of hydrogen-bond acceptors (Lipinski definition) is 3. The molecule has 0 aliphatic carbocycles. The van der Waals surface area contributed by atoms with Crippen LogP contribution in [0.3, 0.4) is 0 Å². The minimum absolute atomic E-state index is 0.0581. The lowest BCUT2D eigenvalue weighted by Crippen LogP contribution is -1.99. The van der Waals surface area contributed by atoms with Gasteiger partial charge in [-0.2, -0.15) is 5.10 Å². The van der Waals surface area contributed by atoms with Gasteiger partial charge in [0.25, 0.3) is 0 Å². The first-order chi connectivity index (χ1) is 11.7. The van der Waals surface area contributed by atoms with Gasteiger partial charge >= 0.3 is 0 Å². The van der Waals surface area contributed by atoms with Crippen molar-refractivity contribution in [2.75, 3.05) is 0 Å². The third-order valence-corrected chi connectivity index (χ3v) is 4.18. The number of pyridine rings is 1. The second kappa shape index (κ2) is 5.45. The maximum absolute atomic E-state index is 12.8. The van der Waals surface area contributed by atoms with Gasteiger partial charge in [-0.3, -0.25) is 9.78 Å². The van der Waals surface area contributed by atoms with Crippen LogP contribution in [0.2, 0.25) is 0 Å². The number of hydrogen-bond donors (Lipinski definition) is 0. The molecule has 0 atom stereocenters. The van der Waals surface area contributed by atoms with Crippen molar-refractivity contribution >= 4 is 28.5 Å². The van der Waals surface area contributed by atoms with E-state index in [0.717, 1.165) is 27.9 Å². The van der Waals surface area contributed by atoms with Crippen LogP contribution in [-0.4, -0.2) is 24.9 Å². The standard InChI is InChI=1S/C19H16N4O/c1-13-18(17(24)10-9-14-6-5-11-20-12-14)19-22(2)15-7-3-4-8-16(15)23(19)21-13/h3-12H,1-2H3. The van der Waals surface area contributed by atoms with Gasteiger partial charge in [0.1, 0.15) is 5.65 Å². The molecule has 0 N–H and O–H groups in total. The molecule has 3 heterocycles. The number of benzene rings is 1. The highest BCUT2D eigenvalue weighted by molar-refractivity contribution is 6.12. The van der Waals surface area contributed by atoms with Crippen molar-refractivity contribution < 1.29 is 4.79 Å². The first kappa shape index (κ1) is 14.4. The number of rotatable bonds is 3. The third-order valence-electron chi connectivity index (χ3n) is 4.18. The van der Waals surface area contributed by atoms with Crippen LogP contribution in [0.25, 0.3) is 22.8 Å². The molecule has 0 radical (unpaired) electrons. The second-order valence-corrected chi connectivity index (χ2v) is 5.73. The molecule has 4 aromatic rings. The first-order valence-electron chi connectivity index (χ1n) is 7.72. The largest absolute Gasteiger partial charge is 0.327 e. The van der Waals surface area contributed by atoms with Gasteiger partial charge in [0, 0.05) is 19.4 Å². The topological polar surface area (TPSA) is 52.2 Å². The summed E-state index contributed by atoms with van der Waals surface area (Å²) in [6.07, 6.45) is 6.79. The van der Waals surface area contributed by atoms with E-state index in [0.29, 0.717) is 5.56 Å². The number of nitrogens with zero attached hydrogens (tertiary/aromatic N) is 4. The minimum atomic E-state index is -0.0581. The fourth-order valence-electron chi connectivity index (χ4n) is 3.05. The summed E-state index contributed by atoms with van der Waals surface area (Å²) in [6, 6.07) is 11.8. The van der Waals surface area contributed by atoms with Gasteiger partial charge in [0.05, 0.1) is 22.3 Å². The summed E-state index contributed by atoms with van der Waals surface area (Å²) >= 11 is 0. The number of aryl methyl sites for hydroxylation is 2. The Morgan fingerprint density at radius 2 is 1.92 bits per heavy atom. The van der Waals surface area contributed by atoms with E-state index in [4.69, 9.17) is 0 Å². The van der Waals surface area contributed by atoms with Crippen molar-refractivity contribution in [2.45, 2.75) is 6.92 Å². The Balaban J connectivity index is 1.86. The maximum Gasteiger partial charge on any atom is 0.191 e. The van der Waals surface area contributed by atoms with Crippen LogP contribution in [0, 0.1) is 6.92 Å². The van der Waals surface area contributed by atoms with E-state index in [1.165, 1.54) is 0 Å². The predicted octanol–water partition coefficient (Wildman–Crippen LogP) is 3.43. The zero-order valence-corrected chi connectivity index (χ0v) is 13.5. The van der Waals surface area contributed by atoms with Crippen LogP contribution < -0.4 is 0 Å². The summed E-state index contributed by atoms with van der Waals surface area (Å²) in [5.41, 5.74) is 5.11. The summed E-state index contributed by atoms with van der Waals surface area (Å²) < 4.78 is 3.86. The van der Waals surface area contributed by atoms with Crippen molar-refractivity contribution in [2.24, 2.45) is 7.05 Å². The van der Waals surface area contributed by atoms with Crippen LogP contribution in [0.4, 0.5) is 0 Å². The summed E-state index contributed by atoms with van der Waals surface area (Å²) in [5.74, 6) is -0.0581. The number of carbonyl (C=O) groups is 1. The molecule has 0 unspecified atom stereocenters. The number of carbonyl (C=O) groups excluding carboxylic acids is 1. The molecule has 0 bridgehead atoms. The van der Waals surface area contributed by atoms with Gasteiger partial charge in [-0.25, -0.2) is 4.52 Å². The Kier molecular flexibility index (Phi) is 3.27. The van der Waals surface area contributed by atoms with Crippen LogP contribution in [0.1, 0.15) is 21.6 Å². The zero-order valence-electron chi connectivity index (χ0n) is 13.5. The number of imidazole rings is 1. The smallest absolute Gasteiger partial charge is 0.191 e. The number of fused-ring (bicyclic) bond motifs is 3. The second-order valence-electron chi connectivity index (χ2n) is 5.73. The van der Waals surface area contributed by atoms with Crippen molar-refractivity contribution in [3.05, 3.63) is 71.7 Å². The lowest BCUT2D eigenvalue weighted by molar-refractivity contribution is 0.104. The summed E-state index contributed by atoms with van der Waals surface area (Å²) in [5, 5.41) is 4.57. The van der Waals surface area contributed by atoms with Crippen molar-refractivity contribution in [1.82, 2.24) is 19.2 Å². The van der Waals surface area contributed by atoms with Gasteiger partial charge in [-0.15, -0.1) is 0 Å². The Morgan fingerprint density at radius 3 is 2.67 bits per heavy atom. The van der Waals surface area contributed by atoms with E-state index in [-0.39, 0.29) is 5.78 Å². The van der Waals surface area contributed by atoms with Crippen LogP contribution in [0.5, 0.6) is 0 Å². The fraction of sp³-hybridized carbons (Fsp3) is 0.105. The highest BCUT2D eigenvalue weighted by Gasteiger charge is 2.20. The molecule has 1 aromatic carbocycles. The molecule has 118 valence electrons. The van der Waals surface area contributed by atoms with Gasteiger partial charge in [-0.05, 0) is 42.8 Å². The van der Waals surface area contributed by atoms with E-state index in [1.54, 1.807) is 24.5 Å². The van der Waals surface area contributed by atoms with E-state index in [9.17, 15) is 4.79 Å². The molecule has 0 saturated heterocycles. The molecule has 0 aliphatic rings. The van der Waals surface area contributed by atoms with Crippen molar-refractivity contribution in [3.8, 4) is 0 Å². The monoisotopic (exact) mass is 316 g/mol. The Morgan fingerprint density at radius 1 is 1.12 bits per heavy atom. The molecule has 0 saturated carbocycles. The van der Waals surface area contributed by atoms with Gasteiger partial charge < -0.3 is 4.57 Å². The average molecular weight is 316 g/mol. The van der Waals surface area contributed by atoms with Crippen LogP contribution in [0.15, 0.2) is 54.9 Å². The number of ketones is 1. The quantitative estimate of drug-likeness (QED) is 0.430. The highest BCUT2D eigenvalue weighted by atomic mass is 16.1. The lowest BCUT2D eigenvalue weighted by Gasteiger charge is -1.99. The van der Waals surface area contributed by atoms with Crippen molar-refractivity contribution in [1.29, 1.82) is 0 Å². The number of aromatic nitrogens is 4. The van der Waals surface area contributed by atoms with Gasteiger partial charge in [-0.1, -0.05) is 18.2 Å². The van der Waals surface area contributed by atoms with Crippen LogP contribution >= 0.6 is 0 Å². The Labute approximate surface area is 138 Å². The predicted molar refractivity (Wildman–Crippen MR) is 94.0 cm³/mol. The third kappa shape index (κ3) is 2.13. The number of para-hydroxylation sites is 2. The Bertz CT molecular complexity index is 1090. The molecular weight excluding hydrogens is 300 g/mol. The van der Waals surface area contributed by atoms with Gasteiger partial charge in [0.2, 0.25) is 0 Å². The van der Waals surface area contributed by atoms with E-state index < -0.39 is 0 Å². The van der Waals surface area contributed by atoms with Crippen molar-refractivity contribution in [3.63, 3.8) is 0 Å². The maximum atomic E-state index is 12.8. The first-order valence-corrected chi connectivity index (χ1v) is 7.72. The van der Waals surface area contributed by atoms with Gasteiger partial charge in [0.15, 0.2) is 5.78 Å². The average Bonchev–Trinajstić information content (AvgIpc) is 3.09. The highest BCUT2D eigenvalue weighted by Crippen LogP contribution is 2.24. The summed E-state index contributed by atoms with van der Waals surface area (Å²) in [4.78, 5) is 16.8. The van der Waals surface area contributed by atoms with E-state index in [2.05, 4.69) is 10.1 Å². The summed E-state index contributed by atoms with van der Waals surface area (Å²) in [7, 11) is 1.96. The molecule has 0 fully saturated rings. The lowest BCUT2D eigenvalue weighted by atomic mass is 10.1. The molecule has 0 aliphatic heterocycles. The summed E-state index contributed by atoms with van der Waals surface area (Å²) in [6.45, 7) is 1.87. The molecule has 24 heavy (non-hydrogen) atoms.